The van der Waals surface area contributed by atoms with Crippen molar-refractivity contribution in [2.75, 3.05) is 6.61 Å². The van der Waals surface area contributed by atoms with Crippen LogP contribution in [-0.4, -0.2) is 18.5 Å². The van der Waals surface area contributed by atoms with Crippen LogP contribution in [-0.2, 0) is 16.1 Å². The fourth-order valence-corrected chi connectivity index (χ4v) is 3.04. The Bertz CT molecular complexity index is 1100. The third-order valence-corrected chi connectivity index (χ3v) is 4.45. The highest BCUT2D eigenvalue weighted by Crippen LogP contribution is 2.26. The van der Waals surface area contributed by atoms with Crippen molar-refractivity contribution >= 4 is 17.9 Å². The quantitative estimate of drug-likeness (QED) is 0.414. The summed E-state index contributed by atoms with van der Waals surface area (Å²) in [6.45, 7) is 2.88. The number of nitrogens with zero attached hydrogens (tertiary/aromatic N) is 1. The number of rotatable bonds is 7. The molecule has 3 aromatic carbocycles. The van der Waals surface area contributed by atoms with Crippen molar-refractivity contribution in [1.29, 1.82) is 0 Å². The summed E-state index contributed by atoms with van der Waals surface area (Å²) in [5, 5.41) is 0. The van der Waals surface area contributed by atoms with Gasteiger partial charge in [-0.05, 0) is 48.4 Å². The molecule has 1 heterocycles. The number of benzene rings is 3. The fraction of sp³-hybridized carbons (Fsp3) is 0.120. The average Bonchev–Trinajstić information content (AvgIpc) is 3.14. The number of hydrogen-bond donors (Lipinski definition) is 0. The molecular formula is C25H21NO4. The van der Waals surface area contributed by atoms with E-state index < -0.39 is 5.97 Å². The summed E-state index contributed by atoms with van der Waals surface area (Å²) in [5.41, 5.74) is 2.77. The molecule has 5 heteroatoms. The lowest BCUT2D eigenvalue weighted by atomic mass is 10.2. The van der Waals surface area contributed by atoms with Gasteiger partial charge < -0.3 is 14.2 Å². The highest BCUT2D eigenvalue weighted by molar-refractivity contribution is 6.13. The molecule has 0 N–H and O–H groups in total. The Morgan fingerprint density at radius 1 is 0.933 bits per heavy atom. The van der Waals surface area contributed by atoms with E-state index in [2.05, 4.69) is 4.99 Å². The van der Waals surface area contributed by atoms with Crippen molar-refractivity contribution in [3.63, 3.8) is 0 Å². The van der Waals surface area contributed by atoms with Crippen molar-refractivity contribution in [3.05, 3.63) is 101 Å². The van der Waals surface area contributed by atoms with Crippen molar-refractivity contribution < 1.29 is 19.0 Å². The van der Waals surface area contributed by atoms with Gasteiger partial charge in [0.2, 0.25) is 5.90 Å². The number of ether oxygens (including phenoxy) is 3. The van der Waals surface area contributed by atoms with Crippen molar-refractivity contribution in [2.45, 2.75) is 13.5 Å². The molecule has 0 bridgehead atoms. The van der Waals surface area contributed by atoms with E-state index in [1.165, 1.54) is 0 Å². The lowest BCUT2D eigenvalue weighted by Crippen LogP contribution is -2.07. The van der Waals surface area contributed by atoms with Crippen LogP contribution < -0.4 is 9.47 Å². The maximum Gasteiger partial charge on any atom is 0.363 e. The molecule has 1 aliphatic rings. The standard InChI is InChI=1S/C25H21NO4/c1-2-28-23-14-7-6-13-21(23)24-26-22(25(27)30-24)16-19-11-8-12-20(15-19)29-17-18-9-4-3-5-10-18/h3-16H,2,17H2,1H3/b22-16-. The average molecular weight is 399 g/mol. The molecule has 1 aliphatic heterocycles. The van der Waals surface area contributed by atoms with Crippen LogP contribution in [0.1, 0.15) is 23.6 Å². The molecule has 0 amide bonds. The molecule has 0 spiro atoms. The second kappa shape index (κ2) is 9.09. The molecule has 3 aromatic rings. The summed E-state index contributed by atoms with van der Waals surface area (Å²) in [6.07, 6.45) is 1.69. The summed E-state index contributed by atoms with van der Waals surface area (Å²) in [7, 11) is 0. The molecule has 0 radical (unpaired) electrons. The Balaban J connectivity index is 1.54. The summed E-state index contributed by atoms with van der Waals surface area (Å²) in [4.78, 5) is 16.7. The van der Waals surface area contributed by atoms with Crippen molar-refractivity contribution in [3.8, 4) is 11.5 Å². The molecule has 0 saturated carbocycles. The molecule has 5 nitrogen and oxygen atoms in total. The van der Waals surface area contributed by atoms with Crippen LogP contribution in [0.3, 0.4) is 0 Å². The molecule has 0 saturated heterocycles. The fourth-order valence-electron chi connectivity index (χ4n) is 3.04. The molecule has 30 heavy (non-hydrogen) atoms. The highest BCUT2D eigenvalue weighted by atomic mass is 16.6. The van der Waals surface area contributed by atoms with Gasteiger partial charge in [-0.2, -0.15) is 0 Å². The van der Waals surface area contributed by atoms with E-state index >= 15 is 0 Å². The minimum atomic E-state index is -0.494. The molecule has 0 aliphatic carbocycles. The zero-order valence-electron chi connectivity index (χ0n) is 16.6. The number of hydrogen-bond acceptors (Lipinski definition) is 5. The van der Waals surface area contributed by atoms with E-state index in [0.717, 1.165) is 11.1 Å². The molecule has 0 unspecified atom stereocenters. The summed E-state index contributed by atoms with van der Waals surface area (Å²) in [6, 6.07) is 24.8. The first-order valence-electron chi connectivity index (χ1n) is 9.74. The number of esters is 1. The first-order valence-corrected chi connectivity index (χ1v) is 9.74. The maximum atomic E-state index is 12.4. The second-order valence-electron chi connectivity index (χ2n) is 6.61. The lowest BCUT2D eigenvalue weighted by Gasteiger charge is -2.08. The molecule has 150 valence electrons. The molecule has 0 atom stereocenters. The maximum absolute atomic E-state index is 12.4. The minimum Gasteiger partial charge on any atom is -0.493 e. The Morgan fingerprint density at radius 3 is 2.57 bits per heavy atom. The van der Waals surface area contributed by atoms with Gasteiger partial charge in [0.25, 0.3) is 0 Å². The smallest absolute Gasteiger partial charge is 0.363 e. The number of para-hydroxylation sites is 1. The second-order valence-corrected chi connectivity index (χ2v) is 6.61. The Labute approximate surface area is 175 Å². The van der Waals surface area contributed by atoms with E-state index in [1.54, 1.807) is 6.08 Å². The van der Waals surface area contributed by atoms with Gasteiger partial charge in [0, 0.05) is 0 Å². The Hall–Kier alpha value is -3.86. The third-order valence-electron chi connectivity index (χ3n) is 4.45. The van der Waals surface area contributed by atoms with Gasteiger partial charge in [0.15, 0.2) is 5.70 Å². The first-order chi connectivity index (χ1) is 14.7. The van der Waals surface area contributed by atoms with Crippen LogP contribution in [0.2, 0.25) is 0 Å². The van der Waals surface area contributed by atoms with E-state index in [4.69, 9.17) is 14.2 Å². The van der Waals surface area contributed by atoms with E-state index in [-0.39, 0.29) is 11.6 Å². The summed E-state index contributed by atoms with van der Waals surface area (Å²) < 4.78 is 16.9. The molecular weight excluding hydrogens is 378 g/mol. The number of carbonyl (C=O) groups is 1. The predicted molar refractivity (Wildman–Crippen MR) is 115 cm³/mol. The normalized spacial score (nSPS) is 14.4. The van der Waals surface area contributed by atoms with Crippen molar-refractivity contribution in [2.24, 2.45) is 4.99 Å². The third kappa shape index (κ3) is 4.58. The molecule has 4 rings (SSSR count). The van der Waals surface area contributed by atoms with E-state index in [0.29, 0.717) is 30.3 Å². The molecule has 0 aromatic heterocycles. The van der Waals surface area contributed by atoms with Crippen LogP contribution in [0.15, 0.2) is 89.6 Å². The van der Waals surface area contributed by atoms with Gasteiger partial charge in [0.05, 0.1) is 12.2 Å². The van der Waals surface area contributed by atoms with Crippen LogP contribution in [0.5, 0.6) is 11.5 Å². The Morgan fingerprint density at radius 2 is 1.73 bits per heavy atom. The topological polar surface area (TPSA) is 57.1 Å². The number of carbonyl (C=O) groups excluding carboxylic acids is 1. The summed E-state index contributed by atoms with van der Waals surface area (Å²) >= 11 is 0. The van der Waals surface area contributed by atoms with Gasteiger partial charge in [-0.15, -0.1) is 0 Å². The predicted octanol–water partition coefficient (Wildman–Crippen LogP) is 5.01. The monoisotopic (exact) mass is 399 g/mol. The number of aliphatic imine (C=N–C) groups is 1. The van der Waals surface area contributed by atoms with Gasteiger partial charge in [-0.3, -0.25) is 0 Å². The number of cyclic esters (lactones) is 1. The van der Waals surface area contributed by atoms with Gasteiger partial charge in [-0.1, -0.05) is 54.6 Å². The van der Waals surface area contributed by atoms with E-state index in [9.17, 15) is 4.79 Å². The van der Waals surface area contributed by atoms with Gasteiger partial charge in [0.1, 0.15) is 18.1 Å². The first kappa shape index (κ1) is 19.5. The van der Waals surface area contributed by atoms with Gasteiger partial charge in [-0.25, -0.2) is 9.79 Å². The van der Waals surface area contributed by atoms with Crippen LogP contribution in [0.4, 0.5) is 0 Å². The van der Waals surface area contributed by atoms with Crippen molar-refractivity contribution in [1.82, 2.24) is 0 Å². The lowest BCUT2D eigenvalue weighted by molar-refractivity contribution is -0.129. The minimum absolute atomic E-state index is 0.233. The zero-order valence-corrected chi connectivity index (χ0v) is 16.6. The zero-order chi connectivity index (χ0) is 20.8. The van der Waals surface area contributed by atoms with Crippen LogP contribution >= 0.6 is 0 Å². The Kier molecular flexibility index (Phi) is 5.90. The van der Waals surface area contributed by atoms with Gasteiger partial charge >= 0.3 is 5.97 Å². The molecule has 0 fully saturated rings. The van der Waals surface area contributed by atoms with Crippen LogP contribution in [0.25, 0.3) is 6.08 Å². The van der Waals surface area contributed by atoms with Crippen LogP contribution in [0, 0.1) is 0 Å². The summed E-state index contributed by atoms with van der Waals surface area (Å²) in [5.74, 6) is 1.09. The van der Waals surface area contributed by atoms with E-state index in [1.807, 2.05) is 85.8 Å². The largest absolute Gasteiger partial charge is 0.493 e. The SMILES string of the molecule is CCOc1ccccc1C1=N/C(=C\c2cccc(OCc3ccccc3)c2)C(=O)O1. The highest BCUT2D eigenvalue weighted by Gasteiger charge is 2.26.